The zero-order valence-corrected chi connectivity index (χ0v) is 12.4. The van der Waals surface area contributed by atoms with Crippen LogP contribution in [0, 0.1) is 0 Å². The Morgan fingerprint density at radius 2 is 2.25 bits per heavy atom. The van der Waals surface area contributed by atoms with Crippen LogP contribution in [0.4, 0.5) is 0 Å². The van der Waals surface area contributed by atoms with Crippen molar-refractivity contribution in [1.82, 2.24) is 15.5 Å². The molecule has 2 heterocycles. The molecule has 0 unspecified atom stereocenters. The second-order valence-corrected chi connectivity index (χ2v) is 6.31. The number of aromatic nitrogens is 2. The van der Waals surface area contributed by atoms with Gasteiger partial charge in [-0.2, -0.15) is 16.7 Å². The fourth-order valence-corrected chi connectivity index (χ4v) is 3.55. The first kappa shape index (κ1) is 13.6. The molecule has 106 valence electrons. The number of nitrogens with zero attached hydrogens (tertiary/aromatic N) is 2. The molecule has 20 heavy (non-hydrogen) atoms. The van der Waals surface area contributed by atoms with Crippen molar-refractivity contribution < 1.29 is 4.52 Å². The molecule has 1 aromatic heterocycles. The number of hydrogen-bond acceptors (Lipinski definition) is 5. The number of rotatable bonds is 5. The van der Waals surface area contributed by atoms with Crippen LogP contribution in [-0.4, -0.2) is 27.7 Å². The summed E-state index contributed by atoms with van der Waals surface area (Å²) in [5.41, 5.74) is 1.20. The zero-order valence-electron chi connectivity index (χ0n) is 11.6. The highest BCUT2D eigenvalue weighted by molar-refractivity contribution is 7.99. The number of nitrogens with one attached hydrogen (secondary N) is 1. The van der Waals surface area contributed by atoms with E-state index in [1.54, 1.807) is 0 Å². The summed E-state index contributed by atoms with van der Waals surface area (Å²) in [6, 6.07) is 10.9. The smallest absolute Gasteiger partial charge is 0.243 e. The first-order valence-corrected chi connectivity index (χ1v) is 8.17. The van der Waals surface area contributed by atoms with E-state index in [9.17, 15) is 0 Å². The summed E-state index contributed by atoms with van der Waals surface area (Å²) >= 11 is 2.00. The van der Waals surface area contributed by atoms with E-state index in [-0.39, 0.29) is 6.04 Å². The summed E-state index contributed by atoms with van der Waals surface area (Å²) < 4.78 is 5.38. The minimum absolute atomic E-state index is 0.121. The molecule has 0 bridgehead atoms. The van der Waals surface area contributed by atoms with Gasteiger partial charge in [0.15, 0.2) is 5.82 Å². The summed E-state index contributed by atoms with van der Waals surface area (Å²) in [5, 5.41) is 7.63. The second kappa shape index (κ2) is 6.41. The van der Waals surface area contributed by atoms with Crippen molar-refractivity contribution in [2.24, 2.45) is 0 Å². The van der Waals surface area contributed by atoms with Crippen LogP contribution in [0.1, 0.15) is 36.7 Å². The number of hydrogen-bond donors (Lipinski definition) is 1. The van der Waals surface area contributed by atoms with E-state index in [1.807, 2.05) is 30.0 Å². The maximum Gasteiger partial charge on any atom is 0.243 e. The summed E-state index contributed by atoms with van der Waals surface area (Å²) in [5.74, 6) is 3.86. The predicted molar refractivity (Wildman–Crippen MR) is 80.8 cm³/mol. The van der Waals surface area contributed by atoms with Crippen LogP contribution in [0.15, 0.2) is 34.9 Å². The van der Waals surface area contributed by atoms with Crippen molar-refractivity contribution in [2.75, 3.05) is 11.5 Å². The topological polar surface area (TPSA) is 51.0 Å². The van der Waals surface area contributed by atoms with Crippen molar-refractivity contribution in [3.05, 3.63) is 47.6 Å². The third-order valence-electron chi connectivity index (χ3n) is 3.47. The van der Waals surface area contributed by atoms with Gasteiger partial charge in [0, 0.05) is 18.2 Å². The van der Waals surface area contributed by atoms with E-state index in [2.05, 4.69) is 34.5 Å². The molecule has 1 aromatic carbocycles. The van der Waals surface area contributed by atoms with Crippen molar-refractivity contribution in [3.63, 3.8) is 0 Å². The molecule has 1 N–H and O–H groups in total. The molecule has 1 aliphatic rings. The van der Waals surface area contributed by atoms with Gasteiger partial charge >= 0.3 is 0 Å². The third kappa shape index (κ3) is 3.41. The molecule has 5 heteroatoms. The van der Waals surface area contributed by atoms with Crippen LogP contribution in [0.25, 0.3) is 0 Å². The molecule has 0 amide bonds. The summed E-state index contributed by atoms with van der Waals surface area (Å²) in [6.07, 6.45) is 1.94. The van der Waals surface area contributed by atoms with Crippen LogP contribution in [-0.2, 0) is 6.42 Å². The largest absolute Gasteiger partial charge is 0.338 e. The molecule has 2 atom stereocenters. The lowest BCUT2D eigenvalue weighted by Crippen LogP contribution is -2.31. The van der Waals surface area contributed by atoms with Gasteiger partial charge < -0.3 is 9.84 Å². The van der Waals surface area contributed by atoms with Gasteiger partial charge in [-0.15, -0.1) is 0 Å². The maximum absolute atomic E-state index is 5.38. The minimum atomic E-state index is 0.121. The molecule has 1 saturated heterocycles. The fourth-order valence-electron chi connectivity index (χ4n) is 2.38. The van der Waals surface area contributed by atoms with Crippen LogP contribution in [0.2, 0.25) is 0 Å². The second-order valence-electron chi connectivity index (χ2n) is 5.16. The highest BCUT2D eigenvalue weighted by Gasteiger charge is 2.21. The Bertz CT molecular complexity index is 537. The SMILES string of the molecule is C[C@H](N[C@@H]1CCSC1)c1nc(Cc2ccccc2)no1. The number of benzene rings is 1. The summed E-state index contributed by atoms with van der Waals surface area (Å²) in [6.45, 7) is 2.09. The molecule has 4 nitrogen and oxygen atoms in total. The monoisotopic (exact) mass is 289 g/mol. The third-order valence-corrected chi connectivity index (χ3v) is 4.64. The molecule has 2 aromatic rings. The Balaban J connectivity index is 1.61. The molecule has 1 fully saturated rings. The van der Waals surface area contributed by atoms with Gasteiger partial charge in [0.1, 0.15) is 0 Å². The zero-order chi connectivity index (χ0) is 13.8. The van der Waals surface area contributed by atoms with Crippen LogP contribution >= 0.6 is 11.8 Å². The normalized spacial score (nSPS) is 20.1. The van der Waals surface area contributed by atoms with Crippen molar-refractivity contribution in [2.45, 2.75) is 31.8 Å². The first-order chi connectivity index (χ1) is 9.81. The van der Waals surface area contributed by atoms with Crippen LogP contribution < -0.4 is 5.32 Å². The van der Waals surface area contributed by atoms with Crippen molar-refractivity contribution >= 4 is 11.8 Å². The van der Waals surface area contributed by atoms with E-state index >= 15 is 0 Å². The molecular formula is C15H19N3OS. The van der Waals surface area contributed by atoms with Gasteiger partial charge in [0.05, 0.1) is 6.04 Å². The Morgan fingerprint density at radius 3 is 3.00 bits per heavy atom. The molecule has 3 rings (SSSR count). The Labute approximate surface area is 123 Å². The quantitative estimate of drug-likeness (QED) is 0.917. The molecular weight excluding hydrogens is 270 g/mol. The highest BCUT2D eigenvalue weighted by atomic mass is 32.2. The van der Waals surface area contributed by atoms with Gasteiger partial charge in [-0.05, 0) is 24.7 Å². The van der Waals surface area contributed by atoms with Gasteiger partial charge in [-0.25, -0.2) is 0 Å². The lowest BCUT2D eigenvalue weighted by molar-refractivity contribution is 0.325. The van der Waals surface area contributed by atoms with Crippen LogP contribution in [0.5, 0.6) is 0 Å². The fraction of sp³-hybridized carbons (Fsp3) is 0.467. The van der Waals surface area contributed by atoms with E-state index in [4.69, 9.17) is 4.52 Å². The summed E-state index contributed by atoms with van der Waals surface area (Å²) in [7, 11) is 0. The average Bonchev–Trinajstić information content (AvgIpc) is 3.11. The standard InChI is InChI=1S/C15H19N3OS/c1-11(16-13-7-8-20-10-13)15-17-14(18-19-15)9-12-5-3-2-4-6-12/h2-6,11,13,16H,7-10H2,1H3/t11-,13+/m0/s1. The molecule has 0 spiro atoms. The van der Waals surface area contributed by atoms with Gasteiger partial charge in [-0.3, -0.25) is 0 Å². The van der Waals surface area contributed by atoms with E-state index < -0.39 is 0 Å². The van der Waals surface area contributed by atoms with Crippen molar-refractivity contribution in [3.8, 4) is 0 Å². The van der Waals surface area contributed by atoms with E-state index in [0.29, 0.717) is 11.9 Å². The average molecular weight is 289 g/mol. The van der Waals surface area contributed by atoms with E-state index in [1.165, 1.54) is 23.5 Å². The minimum Gasteiger partial charge on any atom is -0.338 e. The predicted octanol–water partition coefficient (Wildman–Crippen LogP) is 2.82. The number of thioether (sulfide) groups is 1. The molecule has 0 saturated carbocycles. The van der Waals surface area contributed by atoms with Gasteiger partial charge in [0.2, 0.25) is 5.89 Å². The van der Waals surface area contributed by atoms with Crippen molar-refractivity contribution in [1.29, 1.82) is 0 Å². The van der Waals surface area contributed by atoms with Gasteiger partial charge in [-0.1, -0.05) is 35.5 Å². The first-order valence-electron chi connectivity index (χ1n) is 7.01. The molecule has 0 aliphatic carbocycles. The summed E-state index contributed by atoms with van der Waals surface area (Å²) in [4.78, 5) is 4.50. The van der Waals surface area contributed by atoms with Crippen LogP contribution in [0.3, 0.4) is 0 Å². The van der Waals surface area contributed by atoms with Gasteiger partial charge in [0.25, 0.3) is 0 Å². The lowest BCUT2D eigenvalue weighted by atomic mass is 10.1. The Kier molecular flexibility index (Phi) is 4.38. The highest BCUT2D eigenvalue weighted by Crippen LogP contribution is 2.20. The lowest BCUT2D eigenvalue weighted by Gasteiger charge is -2.14. The maximum atomic E-state index is 5.38. The Morgan fingerprint density at radius 1 is 1.40 bits per heavy atom. The van der Waals surface area contributed by atoms with E-state index in [0.717, 1.165) is 12.2 Å². The molecule has 0 radical (unpaired) electrons. The Hall–Kier alpha value is -1.33. The molecule has 1 aliphatic heterocycles.